The Bertz CT molecular complexity index is 266. The predicted molar refractivity (Wildman–Crippen MR) is 57.2 cm³/mol. The SMILES string of the molecule is Nc1cccc(NCCOCCO)c1. The van der Waals surface area contributed by atoms with E-state index in [9.17, 15) is 0 Å². The zero-order valence-electron chi connectivity index (χ0n) is 8.07. The quantitative estimate of drug-likeness (QED) is 0.462. The van der Waals surface area contributed by atoms with Gasteiger partial charge in [0, 0.05) is 17.9 Å². The lowest BCUT2D eigenvalue weighted by atomic mass is 10.3. The second-order valence-corrected chi connectivity index (χ2v) is 2.89. The molecule has 4 heteroatoms. The van der Waals surface area contributed by atoms with E-state index < -0.39 is 0 Å². The van der Waals surface area contributed by atoms with Crippen LogP contribution in [0.25, 0.3) is 0 Å². The van der Waals surface area contributed by atoms with E-state index in [1.165, 1.54) is 0 Å². The van der Waals surface area contributed by atoms with Crippen molar-refractivity contribution in [3.63, 3.8) is 0 Å². The summed E-state index contributed by atoms with van der Waals surface area (Å²) in [6.45, 7) is 1.75. The Hall–Kier alpha value is -1.26. The van der Waals surface area contributed by atoms with Crippen molar-refractivity contribution in [2.75, 3.05) is 37.4 Å². The highest BCUT2D eigenvalue weighted by Crippen LogP contribution is 2.10. The maximum atomic E-state index is 8.46. The monoisotopic (exact) mass is 196 g/mol. The number of ether oxygens (including phenoxy) is 1. The molecule has 4 N–H and O–H groups in total. The molecule has 0 aromatic heterocycles. The summed E-state index contributed by atoms with van der Waals surface area (Å²) >= 11 is 0. The Balaban J connectivity index is 2.18. The highest BCUT2D eigenvalue weighted by atomic mass is 16.5. The van der Waals surface area contributed by atoms with Crippen LogP contribution in [0.3, 0.4) is 0 Å². The number of anilines is 2. The maximum Gasteiger partial charge on any atom is 0.0698 e. The molecule has 0 aliphatic heterocycles. The van der Waals surface area contributed by atoms with Crippen molar-refractivity contribution in [2.45, 2.75) is 0 Å². The summed E-state index contributed by atoms with van der Waals surface area (Å²) in [6, 6.07) is 7.55. The van der Waals surface area contributed by atoms with Gasteiger partial charge in [0.2, 0.25) is 0 Å². The van der Waals surface area contributed by atoms with Gasteiger partial charge < -0.3 is 20.9 Å². The number of benzene rings is 1. The van der Waals surface area contributed by atoms with Crippen LogP contribution in [0.15, 0.2) is 24.3 Å². The van der Waals surface area contributed by atoms with Crippen molar-refractivity contribution >= 4 is 11.4 Å². The van der Waals surface area contributed by atoms with Gasteiger partial charge in [0.25, 0.3) is 0 Å². The molecule has 1 aromatic carbocycles. The molecule has 0 amide bonds. The average molecular weight is 196 g/mol. The highest BCUT2D eigenvalue weighted by Gasteiger charge is 1.91. The fourth-order valence-electron chi connectivity index (χ4n) is 1.08. The molecule has 4 nitrogen and oxygen atoms in total. The number of aliphatic hydroxyl groups is 1. The normalized spacial score (nSPS) is 10.1. The molecule has 0 heterocycles. The summed E-state index contributed by atoms with van der Waals surface area (Å²) < 4.78 is 5.09. The first-order valence-electron chi connectivity index (χ1n) is 4.61. The largest absolute Gasteiger partial charge is 0.399 e. The first-order valence-corrected chi connectivity index (χ1v) is 4.61. The fraction of sp³-hybridized carbons (Fsp3) is 0.400. The lowest BCUT2D eigenvalue weighted by molar-refractivity contribution is 0.0992. The topological polar surface area (TPSA) is 67.5 Å². The molecule has 0 aliphatic rings. The first kappa shape index (κ1) is 10.8. The van der Waals surface area contributed by atoms with E-state index in [1.54, 1.807) is 0 Å². The van der Waals surface area contributed by atoms with Crippen LogP contribution in [0.2, 0.25) is 0 Å². The Morgan fingerprint density at radius 3 is 2.93 bits per heavy atom. The zero-order chi connectivity index (χ0) is 10.2. The minimum Gasteiger partial charge on any atom is -0.399 e. The zero-order valence-corrected chi connectivity index (χ0v) is 8.07. The molecule has 0 saturated heterocycles. The van der Waals surface area contributed by atoms with Gasteiger partial charge in [-0.05, 0) is 18.2 Å². The van der Waals surface area contributed by atoms with E-state index in [2.05, 4.69) is 5.32 Å². The summed E-state index contributed by atoms with van der Waals surface area (Å²) in [7, 11) is 0. The van der Waals surface area contributed by atoms with Gasteiger partial charge in [-0.15, -0.1) is 0 Å². The van der Waals surface area contributed by atoms with E-state index in [0.29, 0.717) is 19.8 Å². The summed E-state index contributed by atoms with van der Waals surface area (Å²) in [5.41, 5.74) is 7.33. The van der Waals surface area contributed by atoms with Crippen LogP contribution in [-0.4, -0.2) is 31.5 Å². The number of hydrogen-bond acceptors (Lipinski definition) is 4. The van der Waals surface area contributed by atoms with Gasteiger partial charge >= 0.3 is 0 Å². The smallest absolute Gasteiger partial charge is 0.0698 e. The molecule has 0 atom stereocenters. The molecule has 0 radical (unpaired) electrons. The maximum absolute atomic E-state index is 8.46. The summed E-state index contributed by atoms with van der Waals surface area (Å²) in [6.07, 6.45) is 0. The molecule has 0 bridgehead atoms. The standard InChI is InChI=1S/C10H16N2O2/c11-9-2-1-3-10(8-9)12-4-6-14-7-5-13/h1-3,8,12-13H,4-7,11H2. The molecule has 78 valence electrons. The number of nitrogens with one attached hydrogen (secondary N) is 1. The van der Waals surface area contributed by atoms with Crippen molar-refractivity contribution in [3.05, 3.63) is 24.3 Å². The van der Waals surface area contributed by atoms with Gasteiger partial charge in [0.15, 0.2) is 0 Å². The molecular weight excluding hydrogens is 180 g/mol. The van der Waals surface area contributed by atoms with Crippen molar-refractivity contribution < 1.29 is 9.84 Å². The van der Waals surface area contributed by atoms with Gasteiger partial charge in [-0.1, -0.05) is 6.07 Å². The van der Waals surface area contributed by atoms with Gasteiger partial charge in [-0.3, -0.25) is 0 Å². The Kier molecular flexibility index (Phi) is 4.82. The highest BCUT2D eigenvalue weighted by molar-refractivity contribution is 5.53. The average Bonchev–Trinajstić information content (AvgIpc) is 2.18. The molecule has 1 aromatic rings. The van der Waals surface area contributed by atoms with Crippen LogP contribution in [-0.2, 0) is 4.74 Å². The molecule has 0 saturated carbocycles. The number of rotatable bonds is 6. The van der Waals surface area contributed by atoms with Crippen molar-refractivity contribution in [2.24, 2.45) is 0 Å². The second kappa shape index (κ2) is 6.23. The van der Waals surface area contributed by atoms with Crippen LogP contribution in [0.1, 0.15) is 0 Å². The number of nitrogens with two attached hydrogens (primary N) is 1. The third-order valence-corrected chi connectivity index (χ3v) is 1.70. The van der Waals surface area contributed by atoms with Crippen LogP contribution in [0.5, 0.6) is 0 Å². The van der Waals surface area contributed by atoms with Gasteiger partial charge in [-0.25, -0.2) is 0 Å². The van der Waals surface area contributed by atoms with Crippen molar-refractivity contribution in [3.8, 4) is 0 Å². The van der Waals surface area contributed by atoms with Crippen molar-refractivity contribution in [1.29, 1.82) is 0 Å². The van der Waals surface area contributed by atoms with E-state index in [-0.39, 0.29) is 6.61 Å². The lowest BCUT2D eigenvalue weighted by Crippen LogP contribution is -2.11. The van der Waals surface area contributed by atoms with Gasteiger partial charge in [0.05, 0.1) is 19.8 Å². The molecule has 0 fully saturated rings. The summed E-state index contributed by atoms with van der Waals surface area (Å²) in [4.78, 5) is 0. The minimum atomic E-state index is 0.0677. The molecule has 14 heavy (non-hydrogen) atoms. The molecule has 1 rings (SSSR count). The molecule has 0 spiro atoms. The van der Waals surface area contributed by atoms with Crippen molar-refractivity contribution in [1.82, 2.24) is 0 Å². The first-order chi connectivity index (χ1) is 6.83. The van der Waals surface area contributed by atoms with E-state index >= 15 is 0 Å². The third-order valence-electron chi connectivity index (χ3n) is 1.70. The Labute approximate surface area is 83.7 Å². The van der Waals surface area contributed by atoms with E-state index in [4.69, 9.17) is 15.6 Å². The van der Waals surface area contributed by atoms with E-state index in [1.807, 2.05) is 24.3 Å². The molecule has 0 aliphatic carbocycles. The van der Waals surface area contributed by atoms with Crippen LogP contribution in [0.4, 0.5) is 11.4 Å². The second-order valence-electron chi connectivity index (χ2n) is 2.89. The number of hydrogen-bond donors (Lipinski definition) is 3. The molecule has 0 unspecified atom stereocenters. The number of aliphatic hydroxyl groups excluding tert-OH is 1. The summed E-state index contributed by atoms with van der Waals surface area (Å²) in [5.74, 6) is 0. The number of nitrogen functional groups attached to an aromatic ring is 1. The van der Waals surface area contributed by atoms with E-state index in [0.717, 1.165) is 11.4 Å². The summed E-state index contributed by atoms with van der Waals surface area (Å²) in [5, 5.41) is 11.6. The molecular formula is C10H16N2O2. The lowest BCUT2D eigenvalue weighted by Gasteiger charge is -2.06. The van der Waals surface area contributed by atoms with Crippen LogP contribution < -0.4 is 11.1 Å². The van der Waals surface area contributed by atoms with Gasteiger partial charge in [-0.2, -0.15) is 0 Å². The minimum absolute atomic E-state index is 0.0677. The van der Waals surface area contributed by atoms with Gasteiger partial charge in [0.1, 0.15) is 0 Å². The Morgan fingerprint density at radius 2 is 2.21 bits per heavy atom. The predicted octanol–water partition coefficient (Wildman–Crippen LogP) is 0.690. The Morgan fingerprint density at radius 1 is 1.36 bits per heavy atom. The van der Waals surface area contributed by atoms with Crippen LogP contribution in [0, 0.1) is 0 Å². The fourth-order valence-corrected chi connectivity index (χ4v) is 1.08. The third kappa shape index (κ3) is 4.11. The van der Waals surface area contributed by atoms with Crippen LogP contribution >= 0.6 is 0 Å².